The number of esters is 2. The van der Waals surface area contributed by atoms with Gasteiger partial charge in [-0.15, -0.1) is 0 Å². The molecule has 144 valence electrons. The third-order valence-corrected chi connectivity index (χ3v) is 6.90. The van der Waals surface area contributed by atoms with E-state index in [1.807, 2.05) is 6.92 Å². The number of carbonyl (C=O) groups is 2. The topological polar surface area (TPSA) is 72.8 Å². The zero-order valence-electron chi connectivity index (χ0n) is 16.4. The maximum absolute atomic E-state index is 11.3. The van der Waals surface area contributed by atoms with Crippen LogP contribution < -0.4 is 0 Å². The highest BCUT2D eigenvalue weighted by Gasteiger charge is 2.59. The van der Waals surface area contributed by atoms with E-state index in [4.69, 9.17) is 9.47 Å². The summed E-state index contributed by atoms with van der Waals surface area (Å²) in [5.74, 6) is -0.0612. The maximum Gasteiger partial charge on any atom is 0.302 e. The van der Waals surface area contributed by atoms with Gasteiger partial charge >= 0.3 is 11.9 Å². The van der Waals surface area contributed by atoms with E-state index in [-0.39, 0.29) is 28.7 Å². The van der Waals surface area contributed by atoms with Crippen LogP contribution in [-0.4, -0.2) is 35.9 Å². The maximum atomic E-state index is 11.3. The second-order valence-corrected chi connectivity index (χ2v) is 8.92. The summed E-state index contributed by atoms with van der Waals surface area (Å²) in [4.78, 5) is 22.5. The number of aliphatic hydroxyl groups is 1. The molecule has 2 saturated carbocycles. The van der Waals surface area contributed by atoms with Crippen molar-refractivity contribution < 1.29 is 24.2 Å². The summed E-state index contributed by atoms with van der Waals surface area (Å²) < 4.78 is 10.6. The van der Waals surface area contributed by atoms with E-state index in [0.29, 0.717) is 25.6 Å². The molecule has 0 radical (unpaired) electrons. The molecule has 2 rings (SSSR count). The van der Waals surface area contributed by atoms with Crippen LogP contribution in [0.2, 0.25) is 0 Å². The SMILES string of the molecule is CC(=O)OCC[C@@H]1[C@@]2(C)CCC[C@@](C)(COC(C)=O)C2CC[C@@]1(C)O. The molecule has 0 aromatic rings. The zero-order chi connectivity index (χ0) is 18.9. The molecule has 5 atom stereocenters. The highest BCUT2D eigenvalue weighted by atomic mass is 16.5. The van der Waals surface area contributed by atoms with E-state index >= 15 is 0 Å². The highest BCUT2D eigenvalue weighted by molar-refractivity contribution is 5.66. The van der Waals surface area contributed by atoms with Crippen molar-refractivity contribution in [3.05, 3.63) is 0 Å². The Morgan fingerprint density at radius 2 is 1.68 bits per heavy atom. The zero-order valence-corrected chi connectivity index (χ0v) is 16.4. The van der Waals surface area contributed by atoms with Gasteiger partial charge in [0.15, 0.2) is 0 Å². The molecule has 2 aliphatic rings. The summed E-state index contributed by atoms with van der Waals surface area (Å²) in [6.45, 7) is 10.1. The van der Waals surface area contributed by atoms with Gasteiger partial charge in [0.2, 0.25) is 0 Å². The van der Waals surface area contributed by atoms with Crippen LogP contribution >= 0.6 is 0 Å². The van der Waals surface area contributed by atoms with Crippen molar-refractivity contribution in [2.24, 2.45) is 22.7 Å². The van der Waals surface area contributed by atoms with E-state index in [2.05, 4.69) is 13.8 Å². The molecule has 25 heavy (non-hydrogen) atoms. The van der Waals surface area contributed by atoms with Gasteiger partial charge in [0, 0.05) is 19.3 Å². The lowest BCUT2D eigenvalue weighted by Gasteiger charge is -2.61. The van der Waals surface area contributed by atoms with Crippen molar-refractivity contribution >= 4 is 11.9 Å². The molecule has 0 aliphatic heterocycles. The van der Waals surface area contributed by atoms with Crippen LogP contribution in [-0.2, 0) is 19.1 Å². The first-order chi connectivity index (χ1) is 11.5. The molecular weight excluding hydrogens is 320 g/mol. The summed E-state index contributed by atoms with van der Waals surface area (Å²) in [5, 5.41) is 11.1. The predicted molar refractivity (Wildman–Crippen MR) is 94.8 cm³/mol. The minimum atomic E-state index is -0.759. The van der Waals surface area contributed by atoms with Gasteiger partial charge in [0.05, 0.1) is 18.8 Å². The van der Waals surface area contributed by atoms with Gasteiger partial charge < -0.3 is 14.6 Å². The van der Waals surface area contributed by atoms with Gasteiger partial charge in [-0.2, -0.15) is 0 Å². The molecule has 1 unspecified atom stereocenters. The molecule has 2 aliphatic carbocycles. The number of rotatable bonds is 5. The molecule has 0 amide bonds. The minimum absolute atomic E-state index is 0.0466. The Kier molecular flexibility index (Phi) is 5.87. The fraction of sp³-hybridized carbons (Fsp3) is 0.900. The van der Waals surface area contributed by atoms with Gasteiger partial charge in [-0.05, 0) is 56.3 Å². The number of hydrogen-bond acceptors (Lipinski definition) is 5. The van der Waals surface area contributed by atoms with Gasteiger partial charge in [-0.3, -0.25) is 9.59 Å². The normalized spacial score (nSPS) is 40.9. The van der Waals surface area contributed by atoms with Crippen LogP contribution in [0.5, 0.6) is 0 Å². The second kappa shape index (κ2) is 7.26. The molecular formula is C20H34O5. The summed E-state index contributed by atoms with van der Waals surface area (Å²) in [6, 6.07) is 0. The second-order valence-electron chi connectivity index (χ2n) is 8.92. The summed E-state index contributed by atoms with van der Waals surface area (Å²) in [7, 11) is 0. The minimum Gasteiger partial charge on any atom is -0.466 e. The molecule has 0 aromatic carbocycles. The average molecular weight is 354 g/mol. The molecule has 0 spiro atoms. The first kappa shape index (κ1) is 20.2. The van der Waals surface area contributed by atoms with Crippen LogP contribution in [0, 0.1) is 22.7 Å². The number of fused-ring (bicyclic) bond motifs is 1. The van der Waals surface area contributed by atoms with Crippen molar-refractivity contribution in [3.63, 3.8) is 0 Å². The fourth-order valence-corrected chi connectivity index (χ4v) is 5.83. The van der Waals surface area contributed by atoms with Crippen LogP contribution in [0.25, 0.3) is 0 Å². The summed E-state index contributed by atoms with van der Waals surface area (Å²) in [6.07, 6.45) is 5.49. The lowest BCUT2D eigenvalue weighted by Crippen LogP contribution is -2.59. The first-order valence-electron chi connectivity index (χ1n) is 9.50. The standard InChI is InChI=1S/C20H34O5/c1-14(21)24-12-8-17-19(4)10-6-9-18(3,13-25-15(2)22)16(19)7-11-20(17,5)23/h16-17,23H,6-13H2,1-5H3/t16?,17-,18+,19+,20-/m1/s1. The molecule has 5 heteroatoms. The molecule has 0 saturated heterocycles. The Morgan fingerprint density at radius 1 is 1.04 bits per heavy atom. The molecule has 0 heterocycles. The molecule has 0 aromatic heterocycles. The quantitative estimate of drug-likeness (QED) is 0.765. The Hall–Kier alpha value is -1.10. The predicted octanol–water partition coefficient (Wildman–Crippen LogP) is 3.48. The van der Waals surface area contributed by atoms with Gasteiger partial charge in [-0.25, -0.2) is 0 Å². The molecule has 0 bridgehead atoms. The lowest BCUT2D eigenvalue weighted by molar-refractivity contribution is -0.189. The van der Waals surface area contributed by atoms with Crippen molar-refractivity contribution in [2.75, 3.05) is 13.2 Å². The van der Waals surface area contributed by atoms with Crippen LogP contribution in [0.15, 0.2) is 0 Å². The number of hydrogen-bond donors (Lipinski definition) is 1. The highest BCUT2D eigenvalue weighted by Crippen LogP contribution is 2.62. The van der Waals surface area contributed by atoms with E-state index in [0.717, 1.165) is 32.1 Å². The Morgan fingerprint density at radius 3 is 2.28 bits per heavy atom. The largest absolute Gasteiger partial charge is 0.466 e. The van der Waals surface area contributed by atoms with Crippen molar-refractivity contribution in [1.29, 1.82) is 0 Å². The van der Waals surface area contributed by atoms with Crippen molar-refractivity contribution in [2.45, 2.75) is 78.7 Å². The van der Waals surface area contributed by atoms with Crippen LogP contribution in [0.1, 0.15) is 73.1 Å². The summed E-state index contributed by atoms with van der Waals surface area (Å²) in [5.41, 5.74) is -0.866. The molecule has 1 N–H and O–H groups in total. The lowest BCUT2D eigenvalue weighted by atomic mass is 9.45. The van der Waals surface area contributed by atoms with Gasteiger partial charge in [0.25, 0.3) is 0 Å². The Balaban J connectivity index is 2.23. The average Bonchev–Trinajstić information content (AvgIpc) is 2.47. The fourth-order valence-electron chi connectivity index (χ4n) is 5.83. The first-order valence-corrected chi connectivity index (χ1v) is 9.50. The number of ether oxygens (including phenoxy) is 2. The van der Waals surface area contributed by atoms with E-state index in [9.17, 15) is 14.7 Å². The van der Waals surface area contributed by atoms with Gasteiger partial charge in [0.1, 0.15) is 0 Å². The summed E-state index contributed by atoms with van der Waals surface area (Å²) >= 11 is 0. The van der Waals surface area contributed by atoms with Crippen LogP contribution in [0.4, 0.5) is 0 Å². The monoisotopic (exact) mass is 354 g/mol. The molecule has 5 nitrogen and oxygen atoms in total. The third-order valence-electron chi connectivity index (χ3n) is 6.90. The third kappa shape index (κ3) is 4.18. The van der Waals surface area contributed by atoms with E-state index < -0.39 is 5.60 Å². The Labute approximate surface area is 151 Å². The van der Waals surface area contributed by atoms with Gasteiger partial charge in [-0.1, -0.05) is 20.3 Å². The molecule has 2 fully saturated rings. The van der Waals surface area contributed by atoms with Crippen molar-refractivity contribution in [3.8, 4) is 0 Å². The smallest absolute Gasteiger partial charge is 0.302 e. The van der Waals surface area contributed by atoms with E-state index in [1.165, 1.54) is 13.8 Å². The Bertz CT molecular complexity index is 510. The van der Waals surface area contributed by atoms with Crippen molar-refractivity contribution in [1.82, 2.24) is 0 Å². The van der Waals surface area contributed by atoms with Crippen LogP contribution in [0.3, 0.4) is 0 Å². The number of carbonyl (C=O) groups excluding carboxylic acids is 2. The van der Waals surface area contributed by atoms with E-state index in [1.54, 1.807) is 0 Å².